The molecule has 1 nitrogen and oxygen atoms in total. The van der Waals surface area contributed by atoms with Crippen LogP contribution in [0, 0.1) is 5.69 Å². The largest absolute Gasteiger partial charge is 0.0622 e. The molecule has 6 aromatic rings. The second kappa shape index (κ2) is 26.3. The van der Waals surface area contributed by atoms with Gasteiger partial charge in [-0.2, -0.15) is 0 Å². The van der Waals surface area contributed by atoms with E-state index < -0.39 is 15.8 Å². The summed E-state index contributed by atoms with van der Waals surface area (Å²) in [5.74, 6) is 0. The van der Waals surface area contributed by atoms with Gasteiger partial charge >= 0.3 is 44.7 Å². The van der Waals surface area contributed by atoms with Crippen LogP contribution in [0.3, 0.4) is 0 Å². The maximum Gasteiger partial charge on any atom is -0.0134 e. The topological polar surface area (TPSA) is 9.23 Å². The molecule has 6 rings (SSSR count). The molecule has 6 aromatic carbocycles. The second-order valence-electron chi connectivity index (χ2n) is 10.0. The third-order valence-corrected chi connectivity index (χ3v) is 12.3. The molecule has 0 aliphatic rings. The van der Waals surface area contributed by atoms with Crippen LogP contribution in [-0.4, -0.2) is 15.6 Å². The van der Waals surface area contributed by atoms with Crippen molar-refractivity contribution in [3.63, 3.8) is 0 Å². The molecule has 0 aromatic heterocycles. The standard InChI is InChI=1S/2C18H15P.C4H11OSi.CS.ClH.Ru/c2*1-4-10-16(11-5-1)19(17-12-6-2-7-13-17)18-14-8-3-9-15-18;1-4-5-6(2)3;1-2;;/h2*1-15H;4H2,1-3H3;;1H;/q;;;;;+1/p-1. The fraction of sp³-hybridized carbons (Fsp3) is 0.0976. The predicted octanol–water partition coefficient (Wildman–Crippen LogP) is 8.93. The van der Waals surface area contributed by atoms with E-state index in [4.69, 9.17) is 10.1 Å². The molecule has 48 heavy (non-hydrogen) atoms. The molecule has 0 atom stereocenters. The van der Waals surface area contributed by atoms with Crippen molar-refractivity contribution in [2.75, 3.05) is 6.61 Å². The molecule has 246 valence electrons. The summed E-state index contributed by atoms with van der Waals surface area (Å²) in [7, 11) is 3.29. The maximum absolute atomic E-state index is 5.33. The monoisotopic (exact) mass is 808 g/mol. The van der Waals surface area contributed by atoms with Crippen molar-refractivity contribution in [1.82, 2.24) is 0 Å². The van der Waals surface area contributed by atoms with Crippen LogP contribution in [0.1, 0.15) is 6.92 Å². The van der Waals surface area contributed by atoms with Gasteiger partial charge in [-0.3, -0.25) is 0 Å². The Kier molecular flexibility index (Phi) is 22.8. The van der Waals surface area contributed by atoms with Crippen LogP contribution in [0.4, 0.5) is 0 Å². The van der Waals surface area contributed by atoms with E-state index in [1.54, 1.807) is 0 Å². The van der Waals surface area contributed by atoms with Crippen molar-refractivity contribution in [1.29, 1.82) is 0 Å². The molecule has 0 saturated heterocycles. The number of hydrogen-bond donors (Lipinski definition) is 0. The van der Waals surface area contributed by atoms with Crippen LogP contribution in [0.5, 0.6) is 0 Å². The Morgan fingerprint density at radius 2 is 0.625 bits per heavy atom. The summed E-state index contributed by atoms with van der Waals surface area (Å²) in [6.07, 6.45) is 0. The first-order chi connectivity index (χ1) is 23.7. The first kappa shape index (κ1) is 41.6. The molecule has 0 bridgehead atoms. The van der Waals surface area contributed by atoms with E-state index in [2.05, 4.69) is 217 Å². The van der Waals surface area contributed by atoms with Gasteiger partial charge in [0.05, 0.1) is 0 Å². The summed E-state index contributed by atoms with van der Waals surface area (Å²) in [5, 5.41) is 8.39. The average molecular weight is 808 g/mol. The molecule has 0 N–H and O–H groups in total. The van der Waals surface area contributed by atoms with Gasteiger partial charge in [0, 0.05) is 6.61 Å². The zero-order valence-corrected chi connectivity index (χ0v) is 33.6. The van der Waals surface area contributed by atoms with Gasteiger partial charge in [0.15, 0.2) is 0 Å². The minimum atomic E-state index is -0.446. The molecule has 0 saturated carbocycles. The van der Waals surface area contributed by atoms with Crippen LogP contribution in [-0.2, 0) is 33.8 Å². The van der Waals surface area contributed by atoms with Gasteiger partial charge < -0.3 is 4.43 Å². The Balaban J connectivity index is 0.000000263. The van der Waals surface area contributed by atoms with Gasteiger partial charge in [-0.25, -0.2) is 0 Å². The Morgan fingerprint density at radius 3 is 0.729 bits per heavy atom. The predicted molar refractivity (Wildman–Crippen MR) is 216 cm³/mol. The Bertz CT molecular complexity index is 1330. The molecule has 0 spiro atoms. The van der Waals surface area contributed by atoms with Gasteiger partial charge in [0.2, 0.25) is 9.04 Å². The Labute approximate surface area is 312 Å². The van der Waals surface area contributed by atoms with Gasteiger partial charge in [-0.05, 0) is 67.7 Å². The van der Waals surface area contributed by atoms with E-state index in [1.807, 2.05) is 24.2 Å². The number of halogens is 1. The van der Waals surface area contributed by atoms with Gasteiger partial charge in [-0.15, -0.1) is 0 Å². The molecule has 1 radical (unpaired) electrons. The minimum absolute atomic E-state index is 0.386. The van der Waals surface area contributed by atoms with Crippen LogP contribution < -0.4 is 31.8 Å². The summed E-state index contributed by atoms with van der Waals surface area (Å²) < 4.78 is 5.14. The van der Waals surface area contributed by atoms with E-state index >= 15 is 0 Å². The van der Waals surface area contributed by atoms with Gasteiger partial charge in [0.25, 0.3) is 0 Å². The van der Waals surface area contributed by atoms with E-state index in [9.17, 15) is 0 Å². The smallest absolute Gasteiger partial charge is 0.0134 e. The molecule has 0 amide bonds. The van der Waals surface area contributed by atoms with Crippen LogP contribution in [0.15, 0.2) is 182 Å². The molecule has 7 heteroatoms. The van der Waals surface area contributed by atoms with Crippen molar-refractivity contribution in [3.8, 4) is 0 Å². The summed E-state index contributed by atoms with van der Waals surface area (Å²) in [5.41, 5.74) is 5.33. The number of rotatable bonds is 8. The first-order valence-corrected chi connectivity index (χ1v) is 23.1. The van der Waals surface area contributed by atoms with E-state index in [0.717, 1.165) is 6.61 Å². The van der Waals surface area contributed by atoms with Crippen molar-refractivity contribution in [3.05, 3.63) is 188 Å². The summed E-state index contributed by atoms with van der Waals surface area (Å²) in [4.78, 5) is 0. The fourth-order valence-electron chi connectivity index (χ4n) is 4.65. The van der Waals surface area contributed by atoms with Crippen molar-refractivity contribution in [2.24, 2.45) is 0 Å². The molecule has 0 unspecified atom stereocenters. The van der Waals surface area contributed by atoms with Gasteiger partial charge in [0.1, 0.15) is 0 Å². The number of hydrogen-bond acceptors (Lipinski definition) is 1. The number of benzene rings is 6. The second-order valence-corrected chi connectivity index (χ2v) is 16.6. The molecular weight excluding hydrogens is 767 g/mol. The Morgan fingerprint density at radius 1 is 0.458 bits per heavy atom. The summed E-state index contributed by atoms with van der Waals surface area (Å²) in [6, 6.07) is 64.7. The normalized spacial score (nSPS) is 9.79. The minimum Gasteiger partial charge on any atom is -0.0622 e. The third kappa shape index (κ3) is 14.9. The van der Waals surface area contributed by atoms with Crippen molar-refractivity contribution >= 4 is 78.4 Å². The average Bonchev–Trinajstić information content (AvgIpc) is 3.17. The SMILES string of the molecule is CCO[Si](C)C.[C-]#[S+].[Cl][Ru].c1ccc(P(c2ccccc2)c2ccccc2)cc1.c1ccc(P(c2ccccc2)c2ccccc2)cc1. The van der Waals surface area contributed by atoms with Crippen LogP contribution >= 0.6 is 25.5 Å². The van der Waals surface area contributed by atoms with Crippen molar-refractivity contribution in [2.45, 2.75) is 20.0 Å². The fourth-order valence-corrected chi connectivity index (χ4v) is 9.83. The molecule has 0 aliphatic carbocycles. The maximum atomic E-state index is 5.33. The molecular formula is C41H41ClOP2RuSSi. The summed E-state index contributed by atoms with van der Waals surface area (Å²) >= 11 is 5.16. The van der Waals surface area contributed by atoms with E-state index in [1.165, 1.54) is 31.8 Å². The Hall–Kier alpha value is -2.60. The third-order valence-electron chi connectivity index (χ3n) is 6.52. The quantitative estimate of drug-likeness (QED) is 0.0647. The zero-order chi connectivity index (χ0) is 34.8. The van der Waals surface area contributed by atoms with Crippen LogP contribution in [0.25, 0.3) is 0 Å². The molecule has 0 aliphatic heterocycles. The molecule has 0 fully saturated rings. The summed E-state index contributed by atoms with van der Waals surface area (Å²) in [6.45, 7) is 7.17. The molecule has 0 heterocycles. The zero-order valence-electron chi connectivity index (χ0n) is 27.5. The van der Waals surface area contributed by atoms with Crippen molar-refractivity contribution < 1.29 is 21.7 Å². The van der Waals surface area contributed by atoms with Gasteiger partial charge in [-0.1, -0.05) is 182 Å². The first-order valence-electron chi connectivity index (χ1n) is 15.3. The van der Waals surface area contributed by atoms with E-state index in [0.29, 0.717) is 0 Å². The van der Waals surface area contributed by atoms with E-state index in [-0.39, 0.29) is 9.04 Å². The van der Waals surface area contributed by atoms with Crippen LogP contribution in [0.2, 0.25) is 13.1 Å².